The third-order valence-corrected chi connectivity index (χ3v) is 4.42. The molecule has 116 valence electrons. The maximum atomic E-state index is 11.6. The highest BCUT2D eigenvalue weighted by atomic mass is 16.1. The molecule has 0 saturated carbocycles. The van der Waals surface area contributed by atoms with E-state index in [4.69, 9.17) is 5.73 Å². The molecule has 0 bridgehead atoms. The van der Waals surface area contributed by atoms with Gasteiger partial charge in [-0.25, -0.2) is 0 Å². The summed E-state index contributed by atoms with van der Waals surface area (Å²) in [5.74, 6) is -0.261. The zero-order chi connectivity index (χ0) is 15.3. The molecule has 0 fully saturated rings. The Kier molecular flexibility index (Phi) is 5.23. The summed E-state index contributed by atoms with van der Waals surface area (Å²) >= 11 is 0. The van der Waals surface area contributed by atoms with Gasteiger partial charge in [-0.15, -0.1) is 0 Å². The number of primary amides is 1. The van der Waals surface area contributed by atoms with Crippen molar-refractivity contribution in [2.45, 2.75) is 45.1 Å². The molecule has 1 aromatic carbocycles. The van der Waals surface area contributed by atoms with Gasteiger partial charge in [0.25, 0.3) is 0 Å². The highest BCUT2D eigenvalue weighted by Crippen LogP contribution is 2.27. The van der Waals surface area contributed by atoms with E-state index in [-0.39, 0.29) is 5.91 Å². The zero-order valence-electron chi connectivity index (χ0n) is 13.2. The Labute approximate surface area is 127 Å². The standard InChI is InChI=1S/C17H27N3O/c1-3-19-17(2,16(18)21)11-7-13-20-12-6-9-14-8-4-5-10-15(14)20/h4-5,8,10,19H,3,6-7,9,11-13H2,1-2H3,(H2,18,21). The number of aryl methyl sites for hydroxylation is 1. The minimum absolute atomic E-state index is 0.261. The van der Waals surface area contributed by atoms with E-state index < -0.39 is 5.54 Å². The van der Waals surface area contributed by atoms with Crippen LogP contribution in [0.2, 0.25) is 0 Å². The second-order valence-electron chi connectivity index (χ2n) is 6.05. The van der Waals surface area contributed by atoms with Gasteiger partial charge in [0, 0.05) is 18.8 Å². The number of hydrogen-bond donors (Lipinski definition) is 2. The number of para-hydroxylation sites is 1. The van der Waals surface area contributed by atoms with Gasteiger partial charge in [-0.2, -0.15) is 0 Å². The molecule has 2 rings (SSSR count). The van der Waals surface area contributed by atoms with Gasteiger partial charge in [0.2, 0.25) is 5.91 Å². The zero-order valence-corrected chi connectivity index (χ0v) is 13.2. The number of nitrogens with one attached hydrogen (secondary N) is 1. The van der Waals surface area contributed by atoms with E-state index >= 15 is 0 Å². The Morgan fingerprint density at radius 3 is 2.90 bits per heavy atom. The van der Waals surface area contributed by atoms with E-state index in [1.807, 2.05) is 13.8 Å². The molecule has 0 radical (unpaired) electrons. The number of likely N-dealkylation sites (N-methyl/N-ethyl adjacent to an activating group) is 1. The molecule has 1 atom stereocenters. The van der Waals surface area contributed by atoms with E-state index in [2.05, 4.69) is 34.5 Å². The number of rotatable bonds is 7. The molecule has 0 saturated heterocycles. The fourth-order valence-corrected chi connectivity index (χ4v) is 3.16. The van der Waals surface area contributed by atoms with Gasteiger partial charge < -0.3 is 16.0 Å². The number of carbonyl (C=O) groups excluding carboxylic acids is 1. The van der Waals surface area contributed by atoms with Crippen LogP contribution >= 0.6 is 0 Å². The highest BCUT2D eigenvalue weighted by molar-refractivity contribution is 5.84. The van der Waals surface area contributed by atoms with Crippen molar-refractivity contribution in [2.24, 2.45) is 5.73 Å². The molecule has 21 heavy (non-hydrogen) atoms. The van der Waals surface area contributed by atoms with E-state index in [0.29, 0.717) is 0 Å². The molecule has 1 unspecified atom stereocenters. The lowest BCUT2D eigenvalue weighted by molar-refractivity contribution is -0.124. The summed E-state index contributed by atoms with van der Waals surface area (Å²) in [4.78, 5) is 14.1. The predicted molar refractivity (Wildman–Crippen MR) is 87.5 cm³/mol. The fourth-order valence-electron chi connectivity index (χ4n) is 3.16. The predicted octanol–water partition coefficient (Wildman–Crippen LogP) is 2.07. The maximum Gasteiger partial charge on any atom is 0.237 e. The van der Waals surface area contributed by atoms with Crippen molar-refractivity contribution in [3.8, 4) is 0 Å². The first-order valence-electron chi connectivity index (χ1n) is 7.94. The van der Waals surface area contributed by atoms with Crippen LogP contribution in [0.4, 0.5) is 5.69 Å². The quantitative estimate of drug-likeness (QED) is 0.808. The summed E-state index contributed by atoms with van der Waals surface area (Å²) in [5, 5.41) is 3.22. The Hall–Kier alpha value is -1.55. The molecule has 4 nitrogen and oxygen atoms in total. The Morgan fingerprint density at radius 2 is 2.19 bits per heavy atom. The monoisotopic (exact) mass is 289 g/mol. The molecule has 4 heteroatoms. The van der Waals surface area contributed by atoms with Crippen LogP contribution in [-0.2, 0) is 11.2 Å². The summed E-state index contributed by atoms with van der Waals surface area (Å²) in [6, 6.07) is 8.63. The van der Waals surface area contributed by atoms with Crippen LogP contribution in [0.5, 0.6) is 0 Å². The van der Waals surface area contributed by atoms with Crippen LogP contribution in [0.15, 0.2) is 24.3 Å². The van der Waals surface area contributed by atoms with Gasteiger partial charge in [0.1, 0.15) is 0 Å². The van der Waals surface area contributed by atoms with Gasteiger partial charge >= 0.3 is 0 Å². The molecule has 1 heterocycles. The first-order chi connectivity index (χ1) is 10.1. The lowest BCUT2D eigenvalue weighted by Crippen LogP contribution is -2.53. The number of nitrogens with two attached hydrogens (primary N) is 1. The van der Waals surface area contributed by atoms with Crippen LogP contribution in [0.3, 0.4) is 0 Å². The topological polar surface area (TPSA) is 58.4 Å². The van der Waals surface area contributed by atoms with Crippen LogP contribution in [0.1, 0.15) is 38.7 Å². The fraction of sp³-hybridized carbons (Fsp3) is 0.588. The average Bonchev–Trinajstić information content (AvgIpc) is 2.47. The number of nitrogens with zero attached hydrogens (tertiary/aromatic N) is 1. The highest BCUT2D eigenvalue weighted by Gasteiger charge is 2.29. The van der Waals surface area contributed by atoms with Crippen molar-refractivity contribution in [1.29, 1.82) is 0 Å². The van der Waals surface area contributed by atoms with Crippen LogP contribution in [0, 0.1) is 0 Å². The van der Waals surface area contributed by atoms with Gasteiger partial charge in [-0.1, -0.05) is 25.1 Å². The number of benzene rings is 1. The summed E-state index contributed by atoms with van der Waals surface area (Å²) < 4.78 is 0. The smallest absolute Gasteiger partial charge is 0.237 e. The Morgan fingerprint density at radius 1 is 1.43 bits per heavy atom. The maximum absolute atomic E-state index is 11.6. The third kappa shape index (κ3) is 3.76. The minimum Gasteiger partial charge on any atom is -0.371 e. The second kappa shape index (κ2) is 6.94. The SMILES string of the molecule is CCNC(C)(CCCN1CCCc2ccccc21)C(N)=O. The van der Waals surface area contributed by atoms with Gasteiger partial charge in [-0.3, -0.25) is 4.79 Å². The van der Waals surface area contributed by atoms with Crippen molar-refractivity contribution in [3.63, 3.8) is 0 Å². The van der Waals surface area contributed by atoms with Crippen molar-refractivity contribution >= 4 is 11.6 Å². The van der Waals surface area contributed by atoms with Gasteiger partial charge in [0.05, 0.1) is 5.54 Å². The van der Waals surface area contributed by atoms with Gasteiger partial charge in [-0.05, 0) is 50.8 Å². The van der Waals surface area contributed by atoms with Crippen LogP contribution < -0.4 is 16.0 Å². The first kappa shape index (κ1) is 15.8. The molecule has 3 N–H and O–H groups in total. The van der Waals surface area contributed by atoms with Crippen molar-refractivity contribution in [3.05, 3.63) is 29.8 Å². The number of anilines is 1. The molecule has 1 aliphatic heterocycles. The number of hydrogen-bond acceptors (Lipinski definition) is 3. The summed E-state index contributed by atoms with van der Waals surface area (Å²) in [7, 11) is 0. The lowest BCUT2D eigenvalue weighted by atomic mass is 9.94. The largest absolute Gasteiger partial charge is 0.371 e. The molecule has 0 aliphatic carbocycles. The molecule has 1 aromatic rings. The van der Waals surface area contributed by atoms with E-state index in [1.165, 1.54) is 24.1 Å². The van der Waals surface area contributed by atoms with E-state index in [9.17, 15) is 4.79 Å². The Bertz CT molecular complexity index is 489. The average molecular weight is 289 g/mol. The Balaban J connectivity index is 1.94. The second-order valence-corrected chi connectivity index (χ2v) is 6.05. The molecule has 0 aromatic heterocycles. The third-order valence-electron chi connectivity index (χ3n) is 4.42. The normalized spacial score (nSPS) is 17.1. The van der Waals surface area contributed by atoms with Crippen LogP contribution in [-0.4, -0.2) is 31.1 Å². The lowest BCUT2D eigenvalue weighted by Gasteiger charge is -2.33. The summed E-state index contributed by atoms with van der Waals surface area (Å²) in [6.07, 6.45) is 4.11. The molecular formula is C17H27N3O. The molecule has 1 aliphatic rings. The van der Waals surface area contributed by atoms with Crippen molar-refractivity contribution < 1.29 is 4.79 Å². The minimum atomic E-state index is -0.593. The molecular weight excluding hydrogens is 262 g/mol. The number of fused-ring (bicyclic) bond motifs is 1. The summed E-state index contributed by atoms with van der Waals surface area (Å²) in [6.45, 7) is 6.74. The van der Waals surface area contributed by atoms with Gasteiger partial charge in [0.15, 0.2) is 0 Å². The molecule has 0 spiro atoms. The van der Waals surface area contributed by atoms with Crippen LogP contribution in [0.25, 0.3) is 0 Å². The van der Waals surface area contributed by atoms with Crippen molar-refractivity contribution in [1.82, 2.24) is 5.32 Å². The van der Waals surface area contributed by atoms with E-state index in [0.717, 1.165) is 32.5 Å². The first-order valence-corrected chi connectivity index (χ1v) is 7.94. The summed E-state index contributed by atoms with van der Waals surface area (Å²) in [5.41, 5.74) is 7.74. The van der Waals surface area contributed by atoms with Crippen molar-refractivity contribution in [2.75, 3.05) is 24.5 Å². The van der Waals surface area contributed by atoms with E-state index in [1.54, 1.807) is 0 Å². The number of amides is 1. The molecule has 1 amide bonds. The number of carbonyl (C=O) groups is 1.